The molecule has 200 valence electrons. The molecule has 2 aliphatic heterocycles. The summed E-state index contributed by atoms with van der Waals surface area (Å²) < 4.78 is 34.5. The van der Waals surface area contributed by atoms with E-state index < -0.39 is 10.0 Å². The average Bonchev–Trinajstić information content (AvgIpc) is 3.45. The number of ether oxygens (including phenoxy) is 1. The first-order valence-corrected chi connectivity index (χ1v) is 14.5. The second-order valence-electron chi connectivity index (χ2n) is 9.36. The summed E-state index contributed by atoms with van der Waals surface area (Å²) >= 11 is 12.5. The topological polar surface area (TPSA) is 101 Å². The monoisotopic (exact) mass is 583 g/mol. The fraction of sp³-hybridized carbons (Fsp3) is 0.179. The number of carbonyl (C=O) groups excluding carboxylic acids is 1. The molecule has 0 saturated carbocycles. The number of para-hydroxylation sites is 1. The van der Waals surface area contributed by atoms with Gasteiger partial charge in [-0.2, -0.15) is 0 Å². The number of Topliss-reactive ketones (excluding diaryl/α,β-unsaturated/α-hetero) is 1. The third kappa shape index (κ3) is 4.50. The molecule has 4 aromatic rings. The molecule has 1 fully saturated rings. The first-order valence-electron chi connectivity index (χ1n) is 12.3. The molecule has 39 heavy (non-hydrogen) atoms. The van der Waals surface area contributed by atoms with Crippen LogP contribution in [0.25, 0.3) is 17.0 Å². The lowest BCUT2D eigenvalue weighted by Gasteiger charge is -2.27. The van der Waals surface area contributed by atoms with Gasteiger partial charge >= 0.3 is 0 Å². The van der Waals surface area contributed by atoms with Gasteiger partial charge in [-0.15, -0.1) is 0 Å². The molecule has 0 unspecified atom stereocenters. The van der Waals surface area contributed by atoms with Gasteiger partial charge in [0.25, 0.3) is 10.0 Å². The van der Waals surface area contributed by atoms with Crippen molar-refractivity contribution in [3.8, 4) is 11.5 Å². The van der Waals surface area contributed by atoms with E-state index in [1.165, 1.54) is 30.5 Å². The van der Waals surface area contributed by atoms with E-state index in [0.717, 1.165) is 30.2 Å². The minimum Gasteiger partial charge on any atom is -0.507 e. The summed E-state index contributed by atoms with van der Waals surface area (Å²) in [7, 11) is -4.18. The van der Waals surface area contributed by atoms with Gasteiger partial charge < -0.3 is 15.2 Å². The number of fused-ring (bicyclic) bond motifs is 2. The SMILES string of the molecule is O=C1C(=Cc2cn(S(=O)(=O)c3c(Cl)cccc3Cl)c3ccccc23)Oc2c1ccc(O)c2CN1CCNCC1. The van der Waals surface area contributed by atoms with Crippen LogP contribution in [0.3, 0.4) is 0 Å². The Morgan fingerprint density at radius 3 is 2.46 bits per heavy atom. The summed E-state index contributed by atoms with van der Waals surface area (Å²) in [6.07, 6.45) is 2.95. The number of phenols is 1. The lowest BCUT2D eigenvalue weighted by molar-refractivity contribution is 0.101. The van der Waals surface area contributed by atoms with Crippen molar-refractivity contribution in [3.63, 3.8) is 0 Å². The number of nitrogens with zero attached hydrogens (tertiary/aromatic N) is 2. The number of nitrogens with one attached hydrogen (secondary N) is 1. The molecular weight excluding hydrogens is 561 g/mol. The van der Waals surface area contributed by atoms with Crippen LogP contribution in [-0.2, 0) is 16.6 Å². The molecule has 2 aliphatic rings. The number of aromatic nitrogens is 1. The summed E-state index contributed by atoms with van der Waals surface area (Å²) in [6, 6.07) is 14.5. The number of rotatable bonds is 5. The Hall–Kier alpha value is -3.34. The Morgan fingerprint density at radius 2 is 1.72 bits per heavy atom. The van der Waals surface area contributed by atoms with E-state index in [1.54, 1.807) is 36.4 Å². The Morgan fingerprint density at radius 1 is 1.00 bits per heavy atom. The van der Waals surface area contributed by atoms with Crippen molar-refractivity contribution in [3.05, 3.63) is 93.3 Å². The molecule has 0 atom stereocenters. The van der Waals surface area contributed by atoms with E-state index in [2.05, 4.69) is 10.2 Å². The van der Waals surface area contributed by atoms with Crippen LogP contribution in [0.5, 0.6) is 11.5 Å². The summed E-state index contributed by atoms with van der Waals surface area (Å²) in [5, 5.41) is 14.5. The number of piperazine rings is 1. The number of allylic oxidation sites excluding steroid dienone is 1. The molecule has 11 heteroatoms. The van der Waals surface area contributed by atoms with E-state index in [1.807, 2.05) is 0 Å². The molecule has 0 spiro atoms. The number of carbonyl (C=O) groups is 1. The van der Waals surface area contributed by atoms with Gasteiger partial charge in [-0.3, -0.25) is 9.69 Å². The highest BCUT2D eigenvalue weighted by Crippen LogP contribution is 2.41. The molecule has 0 bridgehead atoms. The zero-order valence-corrected chi connectivity index (χ0v) is 22.9. The van der Waals surface area contributed by atoms with E-state index in [0.29, 0.717) is 39.9 Å². The predicted octanol–water partition coefficient (Wildman–Crippen LogP) is 4.91. The zero-order chi connectivity index (χ0) is 27.3. The van der Waals surface area contributed by atoms with Gasteiger partial charge in [0.2, 0.25) is 5.78 Å². The maximum atomic E-state index is 13.7. The number of halogens is 2. The molecule has 6 rings (SSSR count). The molecule has 0 amide bonds. The van der Waals surface area contributed by atoms with Crippen LogP contribution in [-0.4, -0.2) is 54.4 Å². The zero-order valence-electron chi connectivity index (χ0n) is 20.5. The van der Waals surface area contributed by atoms with E-state index in [4.69, 9.17) is 27.9 Å². The minimum atomic E-state index is -4.18. The Bertz CT molecular complexity index is 1760. The Kier molecular flexibility index (Phi) is 6.65. The lowest BCUT2D eigenvalue weighted by Crippen LogP contribution is -2.42. The van der Waals surface area contributed by atoms with Crippen molar-refractivity contribution in [1.29, 1.82) is 0 Å². The summed E-state index contributed by atoms with van der Waals surface area (Å²) in [6.45, 7) is 3.74. The molecule has 2 N–H and O–H groups in total. The fourth-order valence-electron chi connectivity index (χ4n) is 5.00. The third-order valence-electron chi connectivity index (χ3n) is 6.94. The predicted molar refractivity (Wildman–Crippen MR) is 150 cm³/mol. The number of ketones is 1. The van der Waals surface area contributed by atoms with Crippen LogP contribution >= 0.6 is 23.2 Å². The van der Waals surface area contributed by atoms with Crippen molar-refractivity contribution in [1.82, 2.24) is 14.2 Å². The van der Waals surface area contributed by atoms with Crippen molar-refractivity contribution >= 4 is 56.0 Å². The third-order valence-corrected chi connectivity index (χ3v) is 9.57. The highest BCUT2D eigenvalue weighted by molar-refractivity contribution is 7.90. The van der Waals surface area contributed by atoms with Gasteiger partial charge in [-0.25, -0.2) is 12.4 Å². The largest absolute Gasteiger partial charge is 0.507 e. The maximum Gasteiger partial charge on any atom is 0.271 e. The van der Waals surface area contributed by atoms with Crippen LogP contribution in [0.1, 0.15) is 21.5 Å². The van der Waals surface area contributed by atoms with Gasteiger partial charge in [0.05, 0.1) is 26.7 Å². The van der Waals surface area contributed by atoms with Crippen molar-refractivity contribution in [2.45, 2.75) is 11.4 Å². The van der Waals surface area contributed by atoms with Crippen LogP contribution in [0.15, 0.2) is 71.4 Å². The normalized spacial score (nSPS) is 17.1. The van der Waals surface area contributed by atoms with Gasteiger partial charge in [0, 0.05) is 49.9 Å². The number of hydrogen-bond donors (Lipinski definition) is 2. The van der Waals surface area contributed by atoms with E-state index in [9.17, 15) is 18.3 Å². The second kappa shape index (κ2) is 10.0. The number of aromatic hydroxyl groups is 1. The molecule has 1 aromatic heterocycles. The van der Waals surface area contributed by atoms with Gasteiger partial charge in [0.15, 0.2) is 5.76 Å². The summed E-state index contributed by atoms with van der Waals surface area (Å²) in [5.74, 6) is 0.0678. The van der Waals surface area contributed by atoms with Crippen molar-refractivity contribution in [2.75, 3.05) is 26.2 Å². The fourth-order valence-corrected chi connectivity index (χ4v) is 7.48. The lowest BCUT2D eigenvalue weighted by atomic mass is 10.0. The summed E-state index contributed by atoms with van der Waals surface area (Å²) in [5.41, 5.74) is 1.75. The van der Waals surface area contributed by atoms with Gasteiger partial charge in [-0.05, 0) is 36.4 Å². The van der Waals surface area contributed by atoms with Crippen LogP contribution in [0.2, 0.25) is 10.0 Å². The van der Waals surface area contributed by atoms with Crippen LogP contribution in [0.4, 0.5) is 0 Å². The number of phenolic OH excluding ortho intramolecular Hbond substituents is 1. The van der Waals surface area contributed by atoms with Crippen LogP contribution in [0, 0.1) is 0 Å². The maximum absolute atomic E-state index is 13.7. The number of benzene rings is 3. The van der Waals surface area contributed by atoms with Crippen LogP contribution < -0.4 is 10.1 Å². The molecule has 0 aliphatic carbocycles. The highest BCUT2D eigenvalue weighted by Gasteiger charge is 2.33. The molecule has 8 nitrogen and oxygen atoms in total. The number of hydrogen-bond acceptors (Lipinski definition) is 7. The Balaban J connectivity index is 1.43. The first-order chi connectivity index (χ1) is 18.8. The van der Waals surface area contributed by atoms with Crippen molar-refractivity contribution < 1.29 is 23.1 Å². The molecule has 3 aromatic carbocycles. The highest BCUT2D eigenvalue weighted by atomic mass is 35.5. The molecular formula is C28H23Cl2N3O5S. The molecule has 0 radical (unpaired) electrons. The van der Waals surface area contributed by atoms with E-state index >= 15 is 0 Å². The quantitative estimate of drug-likeness (QED) is 0.322. The second-order valence-corrected chi connectivity index (χ2v) is 11.9. The van der Waals surface area contributed by atoms with E-state index in [-0.39, 0.29) is 32.2 Å². The van der Waals surface area contributed by atoms with Gasteiger partial charge in [0.1, 0.15) is 16.4 Å². The van der Waals surface area contributed by atoms with Crippen molar-refractivity contribution in [2.24, 2.45) is 0 Å². The molecule has 3 heterocycles. The van der Waals surface area contributed by atoms with Gasteiger partial charge in [-0.1, -0.05) is 47.5 Å². The average molecular weight is 584 g/mol. The minimum absolute atomic E-state index is 0.00163. The standard InChI is InChI=1S/C28H23Cl2N3O5S/c29-21-5-3-6-22(30)28(21)39(36,37)33-15-17(18-4-1-2-7-23(18)33)14-25-26(35)19-8-9-24(34)20(27(19)38-25)16-32-12-10-31-11-13-32/h1-9,14-15,31,34H,10-13,16H2. The summed E-state index contributed by atoms with van der Waals surface area (Å²) in [4.78, 5) is 15.3. The smallest absolute Gasteiger partial charge is 0.271 e. The Labute approximate surface area is 235 Å². The molecule has 1 saturated heterocycles. The first kappa shape index (κ1) is 25.9.